The summed E-state index contributed by atoms with van der Waals surface area (Å²) in [6.07, 6.45) is 2.55. The first-order valence-electron chi connectivity index (χ1n) is 11.4. The molecule has 1 saturated heterocycles. The third kappa shape index (κ3) is 3.75. The van der Waals surface area contributed by atoms with Crippen molar-refractivity contribution in [2.45, 2.75) is 32.5 Å². The van der Waals surface area contributed by atoms with Crippen molar-refractivity contribution < 1.29 is 23.4 Å². The van der Waals surface area contributed by atoms with Gasteiger partial charge in [-0.15, -0.1) is 0 Å². The summed E-state index contributed by atoms with van der Waals surface area (Å²) in [6, 6.07) is 5.88. The standard InChI is InChI=1S/C26H26F2N4O3/c1-5-17-20(27)7-6-15-10-16(33)11-18(21(15)17)23-22(28)24-19(12-29-23)25(31-14(2)30-24)32-9-8-26(13-32,34-3)35-4/h6-7,10-12,33H,5,8-9,13H2,1-4H3. The fraction of sp³-hybridized carbons (Fsp3) is 0.346. The maximum atomic E-state index is 16.1. The summed E-state index contributed by atoms with van der Waals surface area (Å²) in [5, 5.41) is 11.9. The maximum Gasteiger partial charge on any atom is 0.186 e. The van der Waals surface area contributed by atoms with Gasteiger partial charge in [-0.05, 0) is 47.9 Å². The number of aromatic hydroxyl groups is 1. The first-order valence-corrected chi connectivity index (χ1v) is 11.4. The molecule has 2 aromatic heterocycles. The number of nitrogens with zero attached hydrogens (tertiary/aromatic N) is 4. The van der Waals surface area contributed by atoms with Gasteiger partial charge in [0.15, 0.2) is 11.6 Å². The van der Waals surface area contributed by atoms with Crippen molar-refractivity contribution in [2.24, 2.45) is 0 Å². The summed E-state index contributed by atoms with van der Waals surface area (Å²) in [4.78, 5) is 15.4. The van der Waals surface area contributed by atoms with Crippen LogP contribution >= 0.6 is 0 Å². The average molecular weight is 481 g/mol. The zero-order valence-corrected chi connectivity index (χ0v) is 20.0. The van der Waals surface area contributed by atoms with Crippen LogP contribution in [0, 0.1) is 18.6 Å². The monoisotopic (exact) mass is 480 g/mol. The lowest BCUT2D eigenvalue weighted by atomic mass is 9.94. The molecule has 0 spiro atoms. The zero-order valence-electron chi connectivity index (χ0n) is 20.0. The van der Waals surface area contributed by atoms with Crippen LogP contribution in [0.25, 0.3) is 32.9 Å². The number of benzene rings is 2. The number of hydrogen-bond acceptors (Lipinski definition) is 7. The van der Waals surface area contributed by atoms with Crippen molar-refractivity contribution in [1.82, 2.24) is 15.0 Å². The topological polar surface area (TPSA) is 80.6 Å². The van der Waals surface area contributed by atoms with E-state index in [0.29, 0.717) is 64.9 Å². The Morgan fingerprint density at radius 3 is 2.60 bits per heavy atom. The van der Waals surface area contributed by atoms with Crippen LogP contribution in [0.3, 0.4) is 0 Å². The number of rotatable bonds is 5. The normalized spacial score (nSPS) is 15.4. The van der Waals surface area contributed by atoms with Gasteiger partial charge in [0.25, 0.3) is 0 Å². The third-order valence-corrected chi connectivity index (χ3v) is 6.78. The van der Waals surface area contributed by atoms with E-state index in [4.69, 9.17) is 9.47 Å². The number of pyridine rings is 1. The fourth-order valence-corrected chi connectivity index (χ4v) is 4.96. The van der Waals surface area contributed by atoms with Crippen LogP contribution in [-0.2, 0) is 15.9 Å². The van der Waals surface area contributed by atoms with E-state index in [2.05, 4.69) is 15.0 Å². The van der Waals surface area contributed by atoms with Crippen molar-refractivity contribution >= 4 is 27.5 Å². The number of phenolic OH excluding ortho intramolecular Hbond substituents is 1. The molecule has 35 heavy (non-hydrogen) atoms. The molecule has 9 heteroatoms. The number of aromatic nitrogens is 3. The third-order valence-electron chi connectivity index (χ3n) is 6.78. The van der Waals surface area contributed by atoms with Crippen LogP contribution in [0.2, 0.25) is 0 Å². The Morgan fingerprint density at radius 2 is 1.91 bits per heavy atom. The Labute approximate surface area is 201 Å². The predicted molar refractivity (Wildman–Crippen MR) is 130 cm³/mol. The van der Waals surface area contributed by atoms with Gasteiger partial charge in [0.1, 0.15) is 34.4 Å². The predicted octanol–water partition coefficient (Wildman–Crippen LogP) is 4.90. The number of anilines is 1. The van der Waals surface area contributed by atoms with Crippen molar-refractivity contribution in [3.8, 4) is 17.0 Å². The zero-order chi connectivity index (χ0) is 24.9. The van der Waals surface area contributed by atoms with Crippen LogP contribution in [0.5, 0.6) is 5.75 Å². The SMILES string of the molecule is CCc1c(F)ccc2cc(O)cc(-c3ncc4c(N5CCC(OC)(OC)C5)nc(C)nc4c3F)c12. The smallest absolute Gasteiger partial charge is 0.186 e. The lowest BCUT2D eigenvalue weighted by Gasteiger charge is -2.26. The number of aryl methyl sites for hydroxylation is 2. The summed E-state index contributed by atoms with van der Waals surface area (Å²) in [6.45, 7) is 4.56. The number of methoxy groups -OCH3 is 2. The largest absolute Gasteiger partial charge is 0.508 e. The van der Waals surface area contributed by atoms with Crippen molar-refractivity contribution in [3.63, 3.8) is 0 Å². The van der Waals surface area contributed by atoms with Crippen LogP contribution < -0.4 is 4.90 Å². The molecule has 1 aliphatic heterocycles. The minimum atomic E-state index is -0.766. The van der Waals surface area contributed by atoms with E-state index < -0.39 is 11.6 Å². The Kier molecular flexibility index (Phi) is 5.77. The molecule has 4 aromatic rings. The van der Waals surface area contributed by atoms with E-state index in [1.807, 2.05) is 11.8 Å². The molecule has 0 bridgehead atoms. The number of halogens is 2. The van der Waals surface area contributed by atoms with Crippen molar-refractivity contribution in [2.75, 3.05) is 32.2 Å². The van der Waals surface area contributed by atoms with Gasteiger partial charge in [-0.3, -0.25) is 4.98 Å². The molecule has 182 valence electrons. The number of fused-ring (bicyclic) bond motifs is 2. The summed E-state index contributed by atoms with van der Waals surface area (Å²) >= 11 is 0. The molecule has 5 rings (SSSR count). The van der Waals surface area contributed by atoms with E-state index >= 15 is 4.39 Å². The van der Waals surface area contributed by atoms with Gasteiger partial charge in [0, 0.05) is 38.9 Å². The second-order valence-corrected chi connectivity index (χ2v) is 8.74. The van der Waals surface area contributed by atoms with E-state index in [9.17, 15) is 9.50 Å². The van der Waals surface area contributed by atoms with Gasteiger partial charge in [0.05, 0.1) is 11.9 Å². The van der Waals surface area contributed by atoms with Gasteiger partial charge >= 0.3 is 0 Å². The minimum absolute atomic E-state index is 0.00713. The highest BCUT2D eigenvalue weighted by Crippen LogP contribution is 2.39. The second kappa shape index (κ2) is 8.66. The highest BCUT2D eigenvalue weighted by atomic mass is 19.1. The molecule has 1 fully saturated rings. The first-order chi connectivity index (χ1) is 16.8. The van der Waals surface area contributed by atoms with Crippen LogP contribution in [0.1, 0.15) is 24.7 Å². The molecule has 0 atom stereocenters. The van der Waals surface area contributed by atoms with Crippen LogP contribution in [-0.4, -0.2) is 53.2 Å². The van der Waals surface area contributed by atoms with Gasteiger partial charge < -0.3 is 19.5 Å². The molecule has 0 amide bonds. The molecule has 0 unspecified atom stereocenters. The average Bonchev–Trinajstić information content (AvgIpc) is 3.29. The van der Waals surface area contributed by atoms with E-state index in [1.165, 1.54) is 24.4 Å². The fourth-order valence-electron chi connectivity index (χ4n) is 4.96. The summed E-state index contributed by atoms with van der Waals surface area (Å²) in [7, 11) is 3.19. The molecule has 0 saturated carbocycles. The molecular weight excluding hydrogens is 454 g/mol. The van der Waals surface area contributed by atoms with E-state index in [-0.39, 0.29) is 22.8 Å². The van der Waals surface area contributed by atoms with Gasteiger partial charge in [-0.2, -0.15) is 0 Å². The van der Waals surface area contributed by atoms with E-state index in [0.717, 1.165) is 0 Å². The van der Waals surface area contributed by atoms with Gasteiger partial charge in [-0.25, -0.2) is 18.7 Å². The summed E-state index contributed by atoms with van der Waals surface area (Å²) in [5.41, 5.74) is 0.849. The lowest BCUT2D eigenvalue weighted by Crippen LogP contribution is -2.37. The Bertz CT molecular complexity index is 1460. The van der Waals surface area contributed by atoms with Crippen LogP contribution in [0.15, 0.2) is 30.5 Å². The second-order valence-electron chi connectivity index (χ2n) is 8.74. The number of phenols is 1. The molecule has 1 aliphatic rings. The molecule has 0 aliphatic carbocycles. The van der Waals surface area contributed by atoms with Gasteiger partial charge in [-0.1, -0.05) is 13.0 Å². The highest BCUT2D eigenvalue weighted by Gasteiger charge is 2.40. The highest BCUT2D eigenvalue weighted by molar-refractivity contribution is 6.01. The molecular formula is C26H26F2N4O3. The molecule has 1 N–H and O–H groups in total. The summed E-state index contributed by atoms with van der Waals surface area (Å²) < 4.78 is 41.9. The molecule has 2 aromatic carbocycles. The first kappa shape index (κ1) is 23.3. The maximum absolute atomic E-state index is 16.1. The molecule has 7 nitrogen and oxygen atoms in total. The molecule has 0 radical (unpaired) electrons. The number of ether oxygens (including phenoxy) is 2. The summed E-state index contributed by atoms with van der Waals surface area (Å²) in [5.74, 6) is -0.925. The Balaban J connectivity index is 1.73. The Hall–Kier alpha value is -3.43. The van der Waals surface area contributed by atoms with Crippen LogP contribution in [0.4, 0.5) is 14.6 Å². The molecule has 3 heterocycles. The minimum Gasteiger partial charge on any atom is -0.508 e. The van der Waals surface area contributed by atoms with Crippen molar-refractivity contribution in [3.05, 3.63) is 53.5 Å². The van der Waals surface area contributed by atoms with E-state index in [1.54, 1.807) is 27.2 Å². The lowest BCUT2D eigenvalue weighted by molar-refractivity contribution is -0.189. The number of hydrogen-bond donors (Lipinski definition) is 1. The van der Waals surface area contributed by atoms with Gasteiger partial charge in [0.2, 0.25) is 0 Å². The van der Waals surface area contributed by atoms with Crippen molar-refractivity contribution in [1.29, 1.82) is 0 Å². The Morgan fingerprint density at radius 1 is 1.14 bits per heavy atom. The quantitative estimate of drug-likeness (QED) is 0.407.